The molecule has 1 rings (SSSR count). The van der Waals surface area contributed by atoms with E-state index in [1.807, 2.05) is 38.1 Å². The van der Waals surface area contributed by atoms with Crippen molar-refractivity contribution in [3.05, 3.63) is 35.4 Å². The average molecular weight is 377 g/mol. The van der Waals surface area contributed by atoms with Crippen LogP contribution < -0.4 is 5.09 Å². The first-order valence-corrected chi connectivity index (χ1v) is 11.9. The monoisotopic (exact) mass is 377 g/mol. The van der Waals surface area contributed by atoms with E-state index in [1.165, 1.54) is 0 Å². The second-order valence-corrected chi connectivity index (χ2v) is 9.47. The number of hydrogen-bond acceptors (Lipinski definition) is 5. The zero-order chi connectivity index (χ0) is 18.1. The van der Waals surface area contributed by atoms with E-state index in [2.05, 4.69) is 5.09 Å². The molecular formula is C16H29NO5P2. The van der Waals surface area contributed by atoms with Crippen LogP contribution in [0.2, 0.25) is 0 Å². The van der Waals surface area contributed by atoms with Crippen molar-refractivity contribution < 1.29 is 22.7 Å². The molecular weight excluding hydrogens is 348 g/mol. The fourth-order valence-electron chi connectivity index (χ4n) is 2.33. The topological polar surface area (TPSA) is 73.9 Å². The van der Waals surface area contributed by atoms with Gasteiger partial charge in [0, 0.05) is 6.54 Å². The van der Waals surface area contributed by atoms with Crippen LogP contribution in [0.5, 0.6) is 0 Å². The predicted molar refractivity (Wildman–Crippen MR) is 97.6 cm³/mol. The van der Waals surface area contributed by atoms with Crippen LogP contribution in [0.15, 0.2) is 24.3 Å². The molecule has 6 nitrogen and oxygen atoms in total. The molecule has 0 saturated heterocycles. The Morgan fingerprint density at radius 1 is 0.792 bits per heavy atom. The van der Waals surface area contributed by atoms with E-state index in [4.69, 9.17) is 13.6 Å². The maximum atomic E-state index is 12.6. The lowest BCUT2D eigenvalue weighted by Crippen LogP contribution is -2.13. The van der Waals surface area contributed by atoms with Crippen LogP contribution in [0.3, 0.4) is 0 Å². The van der Waals surface area contributed by atoms with Crippen molar-refractivity contribution >= 4 is 15.1 Å². The standard InChI is InChI=1S/C16H29NO5P2/c1-5-17-23(18,20-6-2)13-15-9-11-16(12-10-15)14-24(19,21-7-3)22-8-4/h9-12H,5-8,13-14H2,1-4H3,(H,17,18). The molecule has 0 aromatic heterocycles. The summed E-state index contributed by atoms with van der Waals surface area (Å²) in [5.74, 6) is 0. The summed E-state index contributed by atoms with van der Waals surface area (Å²) < 4.78 is 41.2. The molecule has 1 unspecified atom stereocenters. The van der Waals surface area contributed by atoms with Crippen molar-refractivity contribution in [2.45, 2.75) is 40.0 Å². The first-order valence-electron chi connectivity index (χ1n) is 8.35. The minimum absolute atomic E-state index is 0.227. The molecule has 0 aliphatic carbocycles. The van der Waals surface area contributed by atoms with Gasteiger partial charge in [-0.2, -0.15) is 0 Å². The molecule has 1 N–H and O–H groups in total. The van der Waals surface area contributed by atoms with Gasteiger partial charge < -0.3 is 13.6 Å². The average Bonchev–Trinajstić information content (AvgIpc) is 2.50. The molecule has 1 atom stereocenters. The maximum absolute atomic E-state index is 12.6. The SMILES string of the molecule is CCNP(=O)(Cc1ccc(CP(=O)(OCC)OCC)cc1)OCC. The highest BCUT2D eigenvalue weighted by Gasteiger charge is 2.25. The van der Waals surface area contributed by atoms with Crippen molar-refractivity contribution in [3.63, 3.8) is 0 Å². The van der Waals surface area contributed by atoms with Gasteiger partial charge in [0.25, 0.3) is 7.52 Å². The van der Waals surface area contributed by atoms with Crippen LogP contribution in [-0.2, 0) is 35.0 Å². The summed E-state index contributed by atoms with van der Waals surface area (Å²) in [4.78, 5) is 0. The number of rotatable bonds is 12. The third-order valence-electron chi connectivity index (χ3n) is 3.18. The van der Waals surface area contributed by atoms with Gasteiger partial charge in [-0.05, 0) is 31.9 Å². The van der Waals surface area contributed by atoms with Crippen LogP contribution >= 0.6 is 15.1 Å². The summed E-state index contributed by atoms with van der Waals surface area (Å²) in [6.45, 7) is 8.97. The normalized spacial score (nSPS) is 14.5. The summed E-state index contributed by atoms with van der Waals surface area (Å²) in [6.07, 6.45) is 0.550. The van der Waals surface area contributed by atoms with Crippen LogP contribution in [0.1, 0.15) is 38.8 Å². The highest BCUT2D eigenvalue weighted by Crippen LogP contribution is 2.51. The van der Waals surface area contributed by atoms with E-state index >= 15 is 0 Å². The van der Waals surface area contributed by atoms with E-state index in [1.54, 1.807) is 13.8 Å². The Labute approximate surface area is 145 Å². The molecule has 8 heteroatoms. The Morgan fingerprint density at radius 3 is 1.67 bits per heavy atom. The van der Waals surface area contributed by atoms with E-state index in [0.717, 1.165) is 11.1 Å². The molecule has 0 spiro atoms. The number of benzene rings is 1. The van der Waals surface area contributed by atoms with Crippen LogP contribution in [0.25, 0.3) is 0 Å². The first-order chi connectivity index (χ1) is 11.4. The van der Waals surface area contributed by atoms with Gasteiger partial charge in [0.05, 0.1) is 32.1 Å². The van der Waals surface area contributed by atoms with E-state index in [-0.39, 0.29) is 6.16 Å². The van der Waals surface area contributed by atoms with Gasteiger partial charge in [-0.15, -0.1) is 0 Å². The van der Waals surface area contributed by atoms with Gasteiger partial charge in [-0.1, -0.05) is 31.2 Å². The van der Waals surface area contributed by atoms with Crippen molar-refractivity contribution in [1.82, 2.24) is 5.09 Å². The van der Waals surface area contributed by atoms with Gasteiger partial charge in [0.2, 0.25) is 0 Å². The lowest BCUT2D eigenvalue weighted by atomic mass is 10.2. The van der Waals surface area contributed by atoms with Crippen molar-refractivity contribution in [3.8, 4) is 0 Å². The van der Waals surface area contributed by atoms with Crippen molar-refractivity contribution in [2.24, 2.45) is 0 Å². The molecule has 0 bridgehead atoms. The number of hydrogen-bond donors (Lipinski definition) is 1. The van der Waals surface area contributed by atoms with Crippen molar-refractivity contribution in [2.75, 3.05) is 26.4 Å². The molecule has 0 amide bonds. The minimum Gasteiger partial charge on any atom is -0.318 e. The summed E-state index contributed by atoms with van der Waals surface area (Å²) in [7, 11) is -5.98. The summed E-state index contributed by atoms with van der Waals surface area (Å²) in [6, 6.07) is 7.48. The van der Waals surface area contributed by atoms with Gasteiger partial charge in [-0.25, -0.2) is 5.09 Å². The maximum Gasteiger partial charge on any atom is 0.335 e. The lowest BCUT2D eigenvalue weighted by Gasteiger charge is -2.19. The minimum atomic E-state index is -3.11. The molecule has 0 fully saturated rings. The van der Waals surface area contributed by atoms with Crippen LogP contribution in [0, 0.1) is 0 Å². The van der Waals surface area contributed by atoms with E-state index in [9.17, 15) is 9.13 Å². The molecule has 0 aliphatic heterocycles. The fourth-order valence-corrected chi connectivity index (χ4v) is 5.92. The summed E-state index contributed by atoms with van der Waals surface area (Å²) in [5, 5.41) is 2.94. The van der Waals surface area contributed by atoms with Crippen LogP contribution in [0.4, 0.5) is 0 Å². The quantitative estimate of drug-likeness (QED) is 0.528. The van der Waals surface area contributed by atoms with Crippen LogP contribution in [-0.4, -0.2) is 26.4 Å². The Hall–Kier alpha value is -0.480. The Kier molecular flexibility index (Phi) is 9.43. The molecule has 138 valence electrons. The largest absolute Gasteiger partial charge is 0.335 e. The predicted octanol–water partition coefficient (Wildman–Crippen LogP) is 4.79. The summed E-state index contributed by atoms with van der Waals surface area (Å²) in [5.41, 5.74) is 1.76. The van der Waals surface area contributed by atoms with Crippen molar-refractivity contribution in [1.29, 1.82) is 0 Å². The third kappa shape index (κ3) is 7.18. The van der Waals surface area contributed by atoms with E-state index in [0.29, 0.717) is 32.5 Å². The molecule has 24 heavy (non-hydrogen) atoms. The molecule has 0 saturated carbocycles. The Bertz CT molecular complexity index is 505. The highest BCUT2D eigenvalue weighted by molar-refractivity contribution is 7.56. The zero-order valence-electron chi connectivity index (χ0n) is 15.0. The lowest BCUT2D eigenvalue weighted by molar-refractivity contribution is 0.219. The number of nitrogens with one attached hydrogen (secondary N) is 1. The van der Waals surface area contributed by atoms with Gasteiger partial charge >= 0.3 is 7.60 Å². The van der Waals surface area contributed by atoms with Gasteiger partial charge in [0.15, 0.2) is 0 Å². The third-order valence-corrected chi connectivity index (χ3v) is 7.49. The smallest absolute Gasteiger partial charge is 0.318 e. The van der Waals surface area contributed by atoms with Gasteiger partial charge in [0.1, 0.15) is 0 Å². The zero-order valence-corrected chi connectivity index (χ0v) is 16.8. The first kappa shape index (κ1) is 21.6. The Morgan fingerprint density at radius 2 is 1.25 bits per heavy atom. The molecule has 0 heterocycles. The Balaban J connectivity index is 2.81. The molecule has 1 aromatic carbocycles. The molecule has 0 radical (unpaired) electrons. The summed E-state index contributed by atoms with van der Waals surface area (Å²) >= 11 is 0. The van der Waals surface area contributed by atoms with Gasteiger partial charge in [-0.3, -0.25) is 9.13 Å². The second-order valence-electron chi connectivity index (χ2n) is 5.18. The highest BCUT2D eigenvalue weighted by atomic mass is 31.2. The fraction of sp³-hybridized carbons (Fsp3) is 0.625. The molecule has 0 aliphatic rings. The second kappa shape index (κ2) is 10.5. The molecule has 1 aromatic rings. The van der Waals surface area contributed by atoms with E-state index < -0.39 is 15.1 Å².